The lowest BCUT2D eigenvalue weighted by Crippen LogP contribution is -2.17. The van der Waals surface area contributed by atoms with Crippen molar-refractivity contribution >= 4 is 39.7 Å². The second-order valence-electron chi connectivity index (χ2n) is 6.02. The SMILES string of the molecule is C[C@H](N)Cc1oc2c(NCc3cccs3)cc(Cl)nc2c1-c1ncco1. The predicted molar refractivity (Wildman–Crippen MR) is 104 cm³/mol. The Balaban J connectivity index is 1.83. The van der Waals surface area contributed by atoms with Gasteiger partial charge in [-0.25, -0.2) is 9.97 Å². The zero-order valence-electron chi connectivity index (χ0n) is 14.0. The van der Waals surface area contributed by atoms with Crippen LogP contribution in [0.2, 0.25) is 5.15 Å². The van der Waals surface area contributed by atoms with Crippen LogP contribution in [0.4, 0.5) is 5.69 Å². The average molecular weight is 389 g/mol. The second kappa shape index (κ2) is 7.11. The molecule has 3 N–H and O–H groups in total. The summed E-state index contributed by atoms with van der Waals surface area (Å²) in [5.41, 5.74) is 8.70. The summed E-state index contributed by atoms with van der Waals surface area (Å²) in [5, 5.41) is 5.79. The Morgan fingerprint density at radius 3 is 3.00 bits per heavy atom. The van der Waals surface area contributed by atoms with Gasteiger partial charge in [0.05, 0.1) is 11.9 Å². The fraction of sp³-hybridized carbons (Fsp3) is 0.222. The van der Waals surface area contributed by atoms with Crippen molar-refractivity contribution in [3.8, 4) is 11.5 Å². The van der Waals surface area contributed by atoms with Gasteiger partial charge in [-0.3, -0.25) is 0 Å². The Bertz CT molecular complexity index is 1010. The third kappa shape index (κ3) is 3.33. The van der Waals surface area contributed by atoms with E-state index < -0.39 is 0 Å². The highest BCUT2D eigenvalue weighted by atomic mass is 35.5. The number of nitrogens with two attached hydrogens (primary N) is 1. The maximum atomic E-state index is 6.27. The normalized spacial score (nSPS) is 12.6. The zero-order chi connectivity index (χ0) is 18.1. The van der Waals surface area contributed by atoms with Crippen LogP contribution in [0, 0.1) is 0 Å². The standard InChI is InChI=1S/C18H17ClN4O2S/c1-10(20)7-13-15(18-21-4-5-24-18)16-17(25-13)12(8-14(19)23-16)22-9-11-3-2-6-26-11/h2-6,8,10H,7,9,20H2,1H3,(H,22,23)/t10-/m0/s1. The van der Waals surface area contributed by atoms with E-state index in [2.05, 4.69) is 21.4 Å². The first-order chi connectivity index (χ1) is 12.6. The number of aromatic nitrogens is 2. The number of anilines is 1. The van der Waals surface area contributed by atoms with Crippen LogP contribution in [0.15, 0.2) is 44.9 Å². The summed E-state index contributed by atoms with van der Waals surface area (Å²) in [6.45, 7) is 2.59. The van der Waals surface area contributed by atoms with Gasteiger partial charge in [-0.05, 0) is 18.4 Å². The number of rotatable bonds is 6. The second-order valence-corrected chi connectivity index (χ2v) is 7.44. The van der Waals surface area contributed by atoms with Gasteiger partial charge in [0.25, 0.3) is 0 Å². The van der Waals surface area contributed by atoms with E-state index in [1.54, 1.807) is 23.6 Å². The van der Waals surface area contributed by atoms with E-state index in [4.69, 9.17) is 26.2 Å². The quantitative estimate of drug-likeness (QED) is 0.465. The molecule has 0 fully saturated rings. The molecule has 8 heteroatoms. The number of hydrogen-bond donors (Lipinski definition) is 2. The van der Waals surface area contributed by atoms with E-state index in [0.29, 0.717) is 46.4 Å². The Hall–Kier alpha value is -2.35. The van der Waals surface area contributed by atoms with Crippen LogP contribution in [0.5, 0.6) is 0 Å². The van der Waals surface area contributed by atoms with Crippen molar-refractivity contribution in [1.82, 2.24) is 9.97 Å². The minimum absolute atomic E-state index is 0.0812. The average Bonchev–Trinajstić information content (AvgIpc) is 3.32. The van der Waals surface area contributed by atoms with Crippen LogP contribution in [-0.2, 0) is 13.0 Å². The lowest BCUT2D eigenvalue weighted by Gasteiger charge is -2.06. The van der Waals surface area contributed by atoms with Crippen molar-refractivity contribution in [2.45, 2.75) is 25.9 Å². The Morgan fingerprint density at radius 2 is 2.31 bits per heavy atom. The van der Waals surface area contributed by atoms with Gasteiger partial charge in [-0.2, -0.15) is 0 Å². The molecule has 26 heavy (non-hydrogen) atoms. The van der Waals surface area contributed by atoms with E-state index in [0.717, 1.165) is 5.69 Å². The van der Waals surface area contributed by atoms with Crippen LogP contribution in [0.25, 0.3) is 22.6 Å². The van der Waals surface area contributed by atoms with Gasteiger partial charge >= 0.3 is 0 Å². The van der Waals surface area contributed by atoms with Gasteiger partial charge in [0.2, 0.25) is 5.89 Å². The van der Waals surface area contributed by atoms with Crippen molar-refractivity contribution in [3.63, 3.8) is 0 Å². The number of nitrogens with zero attached hydrogens (tertiary/aromatic N) is 2. The molecule has 1 atom stereocenters. The fourth-order valence-corrected chi connectivity index (χ4v) is 3.65. The predicted octanol–water partition coefficient (Wildman–Crippen LogP) is 4.70. The van der Waals surface area contributed by atoms with Gasteiger partial charge < -0.3 is 19.9 Å². The highest BCUT2D eigenvalue weighted by Crippen LogP contribution is 2.38. The molecule has 0 amide bonds. The number of nitrogens with one attached hydrogen (secondary N) is 1. The molecular weight excluding hydrogens is 372 g/mol. The molecule has 0 aromatic carbocycles. The molecule has 0 aliphatic carbocycles. The maximum Gasteiger partial charge on any atom is 0.231 e. The Morgan fingerprint density at radius 1 is 1.42 bits per heavy atom. The molecule has 0 unspecified atom stereocenters. The van der Waals surface area contributed by atoms with Crippen LogP contribution < -0.4 is 11.1 Å². The summed E-state index contributed by atoms with van der Waals surface area (Å²) in [6.07, 6.45) is 3.64. The van der Waals surface area contributed by atoms with Gasteiger partial charge in [0, 0.05) is 30.0 Å². The lowest BCUT2D eigenvalue weighted by molar-refractivity contribution is 0.520. The molecule has 0 bridgehead atoms. The Kier molecular flexibility index (Phi) is 4.67. The molecule has 134 valence electrons. The van der Waals surface area contributed by atoms with Gasteiger partial charge in [-0.15, -0.1) is 11.3 Å². The van der Waals surface area contributed by atoms with Crippen molar-refractivity contribution < 1.29 is 8.83 Å². The van der Waals surface area contributed by atoms with E-state index >= 15 is 0 Å². The summed E-state index contributed by atoms with van der Waals surface area (Å²) in [5.74, 6) is 1.13. The van der Waals surface area contributed by atoms with Crippen LogP contribution in [-0.4, -0.2) is 16.0 Å². The van der Waals surface area contributed by atoms with Crippen LogP contribution in [0.3, 0.4) is 0 Å². The monoisotopic (exact) mass is 388 g/mol. The number of furan rings is 1. The first kappa shape index (κ1) is 17.1. The summed E-state index contributed by atoms with van der Waals surface area (Å²) in [6, 6.07) is 5.77. The summed E-state index contributed by atoms with van der Waals surface area (Å²) < 4.78 is 11.6. The third-order valence-electron chi connectivity index (χ3n) is 3.87. The molecule has 0 aliphatic heterocycles. The summed E-state index contributed by atoms with van der Waals surface area (Å²) in [4.78, 5) is 9.92. The minimum atomic E-state index is -0.0812. The first-order valence-electron chi connectivity index (χ1n) is 8.15. The third-order valence-corrected chi connectivity index (χ3v) is 4.94. The van der Waals surface area contributed by atoms with Gasteiger partial charge in [-0.1, -0.05) is 17.7 Å². The molecule has 0 radical (unpaired) electrons. The molecule has 4 aromatic heterocycles. The minimum Gasteiger partial charge on any atom is -0.456 e. The first-order valence-corrected chi connectivity index (χ1v) is 9.41. The van der Waals surface area contributed by atoms with Crippen molar-refractivity contribution in [3.05, 3.63) is 51.8 Å². The van der Waals surface area contributed by atoms with Gasteiger partial charge in [0.15, 0.2) is 5.58 Å². The van der Waals surface area contributed by atoms with Gasteiger partial charge in [0.1, 0.15) is 28.3 Å². The zero-order valence-corrected chi connectivity index (χ0v) is 15.6. The number of oxazole rings is 1. The number of thiophene rings is 1. The van der Waals surface area contributed by atoms with Crippen molar-refractivity contribution in [2.24, 2.45) is 5.73 Å². The van der Waals surface area contributed by atoms with Crippen molar-refractivity contribution in [1.29, 1.82) is 0 Å². The van der Waals surface area contributed by atoms with Crippen molar-refractivity contribution in [2.75, 3.05) is 5.32 Å². The topological polar surface area (TPSA) is 90.1 Å². The molecule has 4 rings (SSSR count). The molecule has 0 saturated carbocycles. The van der Waals surface area contributed by atoms with Crippen LogP contribution >= 0.6 is 22.9 Å². The largest absolute Gasteiger partial charge is 0.456 e. The highest BCUT2D eigenvalue weighted by Gasteiger charge is 2.24. The van der Waals surface area contributed by atoms with E-state index in [1.807, 2.05) is 18.4 Å². The molecule has 6 nitrogen and oxygen atoms in total. The molecule has 0 saturated heterocycles. The van der Waals surface area contributed by atoms with E-state index in [-0.39, 0.29) is 6.04 Å². The molecule has 0 aliphatic rings. The number of hydrogen-bond acceptors (Lipinski definition) is 7. The Labute approximate surface area is 159 Å². The van der Waals surface area contributed by atoms with Crippen LogP contribution in [0.1, 0.15) is 17.6 Å². The molecular formula is C18H17ClN4O2S. The highest BCUT2D eigenvalue weighted by molar-refractivity contribution is 7.09. The fourth-order valence-electron chi connectivity index (χ4n) is 2.81. The smallest absolute Gasteiger partial charge is 0.231 e. The van der Waals surface area contributed by atoms with E-state index in [1.165, 1.54) is 11.1 Å². The molecule has 4 aromatic rings. The number of fused-ring (bicyclic) bond motifs is 1. The summed E-state index contributed by atoms with van der Waals surface area (Å²) in [7, 11) is 0. The number of pyridine rings is 1. The molecule has 0 spiro atoms. The summed E-state index contributed by atoms with van der Waals surface area (Å²) >= 11 is 7.95. The van der Waals surface area contributed by atoms with E-state index in [9.17, 15) is 0 Å². The maximum absolute atomic E-state index is 6.27. The number of halogens is 1. The lowest BCUT2D eigenvalue weighted by atomic mass is 10.1. The molecule has 4 heterocycles.